The molecule has 4 heteroatoms. The molecule has 1 amide bonds. The molecule has 24 heavy (non-hydrogen) atoms. The van der Waals surface area contributed by atoms with Crippen LogP contribution in [0.25, 0.3) is 10.9 Å². The Labute approximate surface area is 146 Å². The van der Waals surface area contributed by atoms with Crippen LogP contribution in [0.15, 0.2) is 47.3 Å². The zero-order chi connectivity index (χ0) is 16.4. The number of benzene rings is 1. The van der Waals surface area contributed by atoms with Gasteiger partial charge in [0.15, 0.2) is 0 Å². The lowest BCUT2D eigenvalue weighted by atomic mass is 9.89. The molecule has 3 aromatic rings. The highest BCUT2D eigenvalue weighted by Gasteiger charge is 2.25. The second kappa shape index (κ2) is 6.81. The Morgan fingerprint density at radius 1 is 1.17 bits per heavy atom. The van der Waals surface area contributed by atoms with E-state index >= 15 is 0 Å². The fraction of sp³-hybridized carbons (Fsp3) is 0.350. The van der Waals surface area contributed by atoms with Crippen LogP contribution in [0.3, 0.4) is 0 Å². The van der Waals surface area contributed by atoms with Crippen molar-refractivity contribution in [2.45, 2.75) is 31.6 Å². The van der Waals surface area contributed by atoms with Crippen LogP contribution in [0.4, 0.5) is 0 Å². The number of hydrogen-bond donors (Lipinski definition) is 1. The monoisotopic (exact) mass is 338 g/mol. The van der Waals surface area contributed by atoms with E-state index in [-0.39, 0.29) is 11.8 Å². The van der Waals surface area contributed by atoms with Gasteiger partial charge in [0.05, 0.1) is 0 Å². The maximum absolute atomic E-state index is 12.9. The van der Waals surface area contributed by atoms with E-state index in [1.165, 1.54) is 22.9 Å². The topological polar surface area (TPSA) is 36.1 Å². The minimum atomic E-state index is 0.127. The number of hydrogen-bond acceptors (Lipinski definition) is 2. The number of fused-ring (bicyclic) bond motifs is 1. The van der Waals surface area contributed by atoms with E-state index in [1.54, 1.807) is 11.3 Å². The molecule has 1 aliphatic rings. The average molecular weight is 338 g/mol. The zero-order valence-electron chi connectivity index (χ0n) is 13.7. The van der Waals surface area contributed by atoms with Crippen molar-refractivity contribution in [1.29, 1.82) is 0 Å². The molecule has 1 unspecified atom stereocenters. The third kappa shape index (κ3) is 2.98. The van der Waals surface area contributed by atoms with Gasteiger partial charge in [-0.1, -0.05) is 18.2 Å². The molecule has 0 aliphatic carbocycles. The Balaban J connectivity index is 1.66. The van der Waals surface area contributed by atoms with Crippen LogP contribution in [0.2, 0.25) is 0 Å². The smallest absolute Gasteiger partial charge is 0.223 e. The number of carbonyl (C=O) groups excluding carboxylic acids is 1. The van der Waals surface area contributed by atoms with E-state index < -0.39 is 0 Å². The number of amides is 1. The van der Waals surface area contributed by atoms with Gasteiger partial charge in [0, 0.05) is 42.5 Å². The van der Waals surface area contributed by atoms with Crippen molar-refractivity contribution in [2.24, 2.45) is 0 Å². The first-order chi connectivity index (χ1) is 11.8. The molecule has 3 heterocycles. The second-order valence-electron chi connectivity index (χ2n) is 6.54. The molecule has 1 fully saturated rings. The number of para-hydroxylation sites is 1. The van der Waals surface area contributed by atoms with Crippen molar-refractivity contribution in [3.63, 3.8) is 0 Å². The molecule has 1 saturated heterocycles. The number of aromatic amines is 1. The van der Waals surface area contributed by atoms with Crippen LogP contribution in [-0.2, 0) is 4.79 Å². The van der Waals surface area contributed by atoms with Crippen molar-refractivity contribution in [2.75, 3.05) is 13.1 Å². The molecule has 1 N–H and O–H groups in total. The third-order valence-electron chi connectivity index (χ3n) is 5.03. The highest BCUT2D eigenvalue weighted by Crippen LogP contribution is 2.35. The van der Waals surface area contributed by atoms with Crippen LogP contribution in [0.1, 0.15) is 42.7 Å². The zero-order valence-corrected chi connectivity index (χ0v) is 14.5. The molecule has 0 bridgehead atoms. The fourth-order valence-electron chi connectivity index (χ4n) is 3.71. The number of piperidine rings is 1. The third-order valence-corrected chi connectivity index (χ3v) is 5.73. The largest absolute Gasteiger partial charge is 0.361 e. The molecular formula is C20H22N2OS. The normalized spacial score (nSPS) is 16.4. The number of nitrogens with zero attached hydrogens (tertiary/aromatic N) is 1. The Kier molecular flexibility index (Phi) is 4.39. The van der Waals surface area contributed by atoms with Crippen molar-refractivity contribution in [3.8, 4) is 0 Å². The fourth-order valence-corrected chi connectivity index (χ4v) is 4.42. The Morgan fingerprint density at radius 2 is 2.00 bits per heavy atom. The quantitative estimate of drug-likeness (QED) is 0.731. The molecule has 0 radical (unpaired) electrons. The molecule has 124 valence electrons. The Bertz CT molecular complexity index is 815. The van der Waals surface area contributed by atoms with Gasteiger partial charge in [-0.2, -0.15) is 11.3 Å². The van der Waals surface area contributed by atoms with Gasteiger partial charge in [0.2, 0.25) is 5.91 Å². The summed E-state index contributed by atoms with van der Waals surface area (Å²) < 4.78 is 0. The SMILES string of the molecule is O=C(CC(c1ccsc1)c1c[nH]c2ccccc12)N1CCCCC1. The number of thiophene rings is 1. The number of carbonyl (C=O) groups is 1. The van der Waals surface area contributed by atoms with Crippen molar-refractivity contribution >= 4 is 28.1 Å². The Hall–Kier alpha value is -2.07. The number of rotatable bonds is 4. The van der Waals surface area contributed by atoms with Crippen LogP contribution in [0, 0.1) is 0 Å². The maximum Gasteiger partial charge on any atom is 0.223 e. The van der Waals surface area contributed by atoms with Gasteiger partial charge < -0.3 is 9.88 Å². The predicted octanol–water partition coefficient (Wildman–Crippen LogP) is 4.76. The summed E-state index contributed by atoms with van der Waals surface area (Å²) in [6, 6.07) is 10.5. The summed E-state index contributed by atoms with van der Waals surface area (Å²) in [4.78, 5) is 18.3. The number of nitrogens with one attached hydrogen (secondary N) is 1. The molecule has 0 spiro atoms. The van der Waals surface area contributed by atoms with E-state index in [4.69, 9.17) is 0 Å². The highest BCUT2D eigenvalue weighted by molar-refractivity contribution is 7.08. The molecule has 1 atom stereocenters. The van der Waals surface area contributed by atoms with E-state index in [1.807, 2.05) is 6.07 Å². The minimum absolute atomic E-state index is 0.127. The highest BCUT2D eigenvalue weighted by atomic mass is 32.1. The maximum atomic E-state index is 12.9. The number of aromatic nitrogens is 1. The van der Waals surface area contributed by atoms with Gasteiger partial charge in [0.25, 0.3) is 0 Å². The van der Waals surface area contributed by atoms with Crippen LogP contribution in [0.5, 0.6) is 0 Å². The lowest BCUT2D eigenvalue weighted by molar-refractivity contribution is -0.132. The number of likely N-dealkylation sites (tertiary alicyclic amines) is 1. The first kappa shape index (κ1) is 15.5. The van der Waals surface area contributed by atoms with Gasteiger partial charge in [-0.05, 0) is 53.3 Å². The van der Waals surface area contributed by atoms with Gasteiger partial charge >= 0.3 is 0 Å². The van der Waals surface area contributed by atoms with E-state index in [0.717, 1.165) is 31.4 Å². The summed E-state index contributed by atoms with van der Waals surface area (Å²) in [7, 11) is 0. The lowest BCUT2D eigenvalue weighted by Gasteiger charge is -2.28. The summed E-state index contributed by atoms with van der Waals surface area (Å²) in [5.41, 5.74) is 3.61. The lowest BCUT2D eigenvalue weighted by Crippen LogP contribution is -2.36. The van der Waals surface area contributed by atoms with Gasteiger partial charge in [-0.3, -0.25) is 4.79 Å². The van der Waals surface area contributed by atoms with E-state index in [2.05, 4.69) is 51.1 Å². The standard InChI is InChI=1S/C20H22N2OS/c23-20(22-9-4-1-5-10-22)12-17(15-8-11-24-14-15)18-13-21-19-7-3-2-6-16(18)19/h2-3,6-8,11,13-14,17,21H,1,4-5,9-10,12H2. The van der Waals surface area contributed by atoms with Crippen LogP contribution < -0.4 is 0 Å². The van der Waals surface area contributed by atoms with Crippen LogP contribution in [-0.4, -0.2) is 28.9 Å². The van der Waals surface area contributed by atoms with Crippen molar-refractivity contribution in [1.82, 2.24) is 9.88 Å². The van der Waals surface area contributed by atoms with E-state index in [0.29, 0.717) is 6.42 Å². The molecule has 2 aromatic heterocycles. The summed E-state index contributed by atoms with van der Waals surface area (Å²) in [6.07, 6.45) is 6.17. The molecular weight excluding hydrogens is 316 g/mol. The summed E-state index contributed by atoms with van der Waals surface area (Å²) >= 11 is 1.70. The summed E-state index contributed by atoms with van der Waals surface area (Å²) in [6.45, 7) is 1.84. The molecule has 3 nitrogen and oxygen atoms in total. The molecule has 1 aliphatic heterocycles. The summed E-state index contributed by atoms with van der Waals surface area (Å²) in [5, 5.41) is 5.50. The van der Waals surface area contributed by atoms with Gasteiger partial charge in [0.1, 0.15) is 0 Å². The van der Waals surface area contributed by atoms with Gasteiger partial charge in [-0.15, -0.1) is 0 Å². The molecule has 1 aromatic carbocycles. The first-order valence-electron chi connectivity index (χ1n) is 8.69. The van der Waals surface area contributed by atoms with Gasteiger partial charge in [-0.25, -0.2) is 0 Å². The van der Waals surface area contributed by atoms with E-state index in [9.17, 15) is 4.79 Å². The summed E-state index contributed by atoms with van der Waals surface area (Å²) in [5.74, 6) is 0.415. The van der Waals surface area contributed by atoms with Crippen molar-refractivity contribution < 1.29 is 4.79 Å². The first-order valence-corrected chi connectivity index (χ1v) is 9.63. The second-order valence-corrected chi connectivity index (χ2v) is 7.32. The Morgan fingerprint density at radius 3 is 2.79 bits per heavy atom. The van der Waals surface area contributed by atoms with Crippen LogP contribution >= 0.6 is 11.3 Å². The molecule has 4 rings (SSSR count). The average Bonchev–Trinajstić information content (AvgIpc) is 3.30. The molecule has 0 saturated carbocycles. The number of H-pyrrole nitrogens is 1. The predicted molar refractivity (Wildman–Crippen MR) is 99.5 cm³/mol. The minimum Gasteiger partial charge on any atom is -0.361 e. The van der Waals surface area contributed by atoms with Crippen molar-refractivity contribution in [3.05, 3.63) is 58.4 Å².